The predicted octanol–water partition coefficient (Wildman–Crippen LogP) is 4.72. The largest absolute Gasteiger partial charge is 0.497 e. The Balaban J connectivity index is 2.11. The molecule has 0 unspecified atom stereocenters. The molecule has 0 radical (unpaired) electrons. The third kappa shape index (κ3) is 2.83. The van der Waals surface area contributed by atoms with Gasteiger partial charge in [0, 0.05) is 0 Å². The molecule has 0 saturated heterocycles. The van der Waals surface area contributed by atoms with Gasteiger partial charge in [0.2, 0.25) is 0 Å². The fourth-order valence-electron chi connectivity index (χ4n) is 2.41. The van der Waals surface area contributed by atoms with Crippen LogP contribution in [-0.2, 0) is 0 Å². The Morgan fingerprint density at radius 3 is 2.11 bits per heavy atom. The monoisotopic (exact) mass is 258 g/mol. The van der Waals surface area contributed by atoms with Gasteiger partial charge >= 0.3 is 0 Å². The summed E-state index contributed by atoms with van der Waals surface area (Å²) in [5.41, 5.74) is 4.35. The van der Waals surface area contributed by atoms with Crippen molar-refractivity contribution in [2.24, 2.45) is 5.41 Å². The van der Waals surface area contributed by atoms with Gasteiger partial charge in [-0.15, -0.1) is 0 Å². The van der Waals surface area contributed by atoms with Crippen LogP contribution in [0.1, 0.15) is 34.1 Å². The first-order chi connectivity index (χ1) is 8.94. The van der Waals surface area contributed by atoms with Crippen molar-refractivity contribution in [3.05, 3.63) is 47.2 Å². The average molecular weight is 258 g/mol. The van der Waals surface area contributed by atoms with Crippen molar-refractivity contribution in [2.75, 3.05) is 7.11 Å². The predicted molar refractivity (Wildman–Crippen MR) is 78.5 cm³/mol. The van der Waals surface area contributed by atoms with Gasteiger partial charge in [-0.05, 0) is 61.1 Å². The lowest BCUT2D eigenvalue weighted by atomic mass is 9.86. The Morgan fingerprint density at radius 2 is 1.63 bits per heavy atom. The van der Waals surface area contributed by atoms with E-state index in [1.165, 1.54) is 16.7 Å². The Bertz CT molecular complexity index is 519. The van der Waals surface area contributed by atoms with Gasteiger partial charge in [0.15, 0.2) is 0 Å². The van der Waals surface area contributed by atoms with Crippen LogP contribution >= 0.6 is 0 Å². The highest BCUT2D eigenvalue weighted by Crippen LogP contribution is 2.44. The van der Waals surface area contributed by atoms with E-state index >= 15 is 0 Å². The molecular weight excluding hydrogens is 236 g/mol. The molecule has 0 heterocycles. The maximum Gasteiger partial charge on any atom is 0.126 e. The van der Waals surface area contributed by atoms with E-state index < -0.39 is 0 Å². The van der Waals surface area contributed by atoms with Crippen molar-refractivity contribution in [3.63, 3.8) is 0 Å². The molecular formula is C17H22O2. The number of hydrogen-bond acceptors (Lipinski definition) is 2. The van der Waals surface area contributed by atoms with Gasteiger partial charge in [0.25, 0.3) is 0 Å². The average Bonchev–Trinajstić information content (AvgIpc) is 2.60. The minimum absolute atomic E-state index is 0.249. The second kappa shape index (κ2) is 5.12. The molecule has 0 aromatic heterocycles. The number of methoxy groups -OCH3 is 1. The first-order valence-corrected chi connectivity index (χ1v) is 6.62. The smallest absolute Gasteiger partial charge is 0.126 e. The van der Waals surface area contributed by atoms with Gasteiger partial charge in [-0.3, -0.25) is 0 Å². The van der Waals surface area contributed by atoms with E-state index in [2.05, 4.69) is 27.7 Å². The third-order valence-corrected chi connectivity index (χ3v) is 4.09. The highest BCUT2D eigenvalue weighted by molar-refractivity contribution is 5.43. The molecule has 0 aliphatic heterocycles. The topological polar surface area (TPSA) is 18.5 Å². The second-order valence-electron chi connectivity index (χ2n) is 5.75. The molecule has 0 fully saturated rings. The normalized spacial score (nSPS) is 19.9. The molecule has 102 valence electrons. The second-order valence-corrected chi connectivity index (χ2v) is 5.75. The summed E-state index contributed by atoms with van der Waals surface area (Å²) in [6.45, 7) is 8.94. The fraction of sp³-hybridized carbons (Fsp3) is 0.412. The van der Waals surface area contributed by atoms with E-state index in [-0.39, 0.29) is 5.41 Å². The van der Waals surface area contributed by atoms with Gasteiger partial charge in [-0.1, -0.05) is 19.4 Å². The SMILES string of the molecule is COc1ccc(OC=C2CC(C)(C)C(C)=C2C)cc1. The zero-order chi connectivity index (χ0) is 14.0. The van der Waals surface area contributed by atoms with Crippen LogP contribution in [0.5, 0.6) is 11.5 Å². The van der Waals surface area contributed by atoms with Gasteiger partial charge in [0.05, 0.1) is 13.4 Å². The first kappa shape index (κ1) is 13.7. The van der Waals surface area contributed by atoms with Crippen molar-refractivity contribution in [1.82, 2.24) is 0 Å². The lowest BCUT2D eigenvalue weighted by Gasteiger charge is -2.18. The molecule has 2 heteroatoms. The summed E-state index contributed by atoms with van der Waals surface area (Å²) in [7, 11) is 1.66. The molecule has 19 heavy (non-hydrogen) atoms. The van der Waals surface area contributed by atoms with Crippen LogP contribution in [0.3, 0.4) is 0 Å². The minimum Gasteiger partial charge on any atom is -0.497 e. The van der Waals surface area contributed by atoms with Crippen molar-refractivity contribution < 1.29 is 9.47 Å². The number of hydrogen-bond donors (Lipinski definition) is 0. The van der Waals surface area contributed by atoms with Crippen LogP contribution in [-0.4, -0.2) is 7.11 Å². The maximum atomic E-state index is 5.75. The first-order valence-electron chi connectivity index (χ1n) is 6.62. The third-order valence-electron chi connectivity index (χ3n) is 4.09. The summed E-state index contributed by atoms with van der Waals surface area (Å²) in [6.07, 6.45) is 2.93. The van der Waals surface area contributed by atoms with E-state index in [1.807, 2.05) is 30.5 Å². The van der Waals surface area contributed by atoms with Crippen molar-refractivity contribution in [3.8, 4) is 11.5 Å². The van der Waals surface area contributed by atoms with E-state index in [0.717, 1.165) is 17.9 Å². The number of ether oxygens (including phenoxy) is 2. The van der Waals surface area contributed by atoms with E-state index in [1.54, 1.807) is 7.11 Å². The Morgan fingerprint density at radius 1 is 1.05 bits per heavy atom. The molecule has 1 aliphatic carbocycles. The van der Waals surface area contributed by atoms with Crippen LogP contribution in [0.4, 0.5) is 0 Å². The van der Waals surface area contributed by atoms with Crippen molar-refractivity contribution in [1.29, 1.82) is 0 Å². The molecule has 2 rings (SSSR count). The summed E-state index contributed by atoms with van der Waals surface area (Å²) in [4.78, 5) is 0. The van der Waals surface area contributed by atoms with E-state index in [4.69, 9.17) is 9.47 Å². The molecule has 0 bridgehead atoms. The highest BCUT2D eigenvalue weighted by atomic mass is 16.5. The maximum absolute atomic E-state index is 5.75. The highest BCUT2D eigenvalue weighted by Gasteiger charge is 2.31. The van der Waals surface area contributed by atoms with E-state index in [0.29, 0.717) is 0 Å². The number of rotatable bonds is 3. The van der Waals surface area contributed by atoms with Gasteiger partial charge in [0.1, 0.15) is 11.5 Å². The van der Waals surface area contributed by atoms with Crippen molar-refractivity contribution in [2.45, 2.75) is 34.1 Å². The van der Waals surface area contributed by atoms with Crippen LogP contribution in [0.2, 0.25) is 0 Å². The van der Waals surface area contributed by atoms with Crippen LogP contribution < -0.4 is 9.47 Å². The van der Waals surface area contributed by atoms with E-state index in [9.17, 15) is 0 Å². The Kier molecular flexibility index (Phi) is 3.70. The molecule has 0 amide bonds. The van der Waals surface area contributed by atoms with Gasteiger partial charge in [-0.2, -0.15) is 0 Å². The lowest BCUT2D eigenvalue weighted by molar-refractivity contribution is 0.412. The van der Waals surface area contributed by atoms with Crippen molar-refractivity contribution >= 4 is 0 Å². The summed E-state index contributed by atoms with van der Waals surface area (Å²) in [5.74, 6) is 1.68. The molecule has 2 nitrogen and oxygen atoms in total. The standard InChI is InChI=1S/C17H22O2/c1-12-13(2)17(3,4)10-14(12)11-19-16-8-6-15(18-5)7-9-16/h6-9,11H,10H2,1-5H3. The van der Waals surface area contributed by atoms with Gasteiger partial charge in [-0.25, -0.2) is 0 Å². The van der Waals surface area contributed by atoms with Crippen LogP contribution in [0.15, 0.2) is 47.2 Å². The lowest BCUT2D eigenvalue weighted by Crippen LogP contribution is -2.07. The molecule has 0 atom stereocenters. The molecule has 0 spiro atoms. The minimum atomic E-state index is 0.249. The number of allylic oxidation sites excluding steroid dienone is 3. The fourth-order valence-corrected chi connectivity index (χ4v) is 2.41. The van der Waals surface area contributed by atoms with Crippen LogP contribution in [0.25, 0.3) is 0 Å². The summed E-state index contributed by atoms with van der Waals surface area (Å²) in [5, 5.41) is 0. The molecule has 1 aliphatic rings. The molecule has 0 N–H and O–H groups in total. The Hall–Kier alpha value is -1.70. The Labute approximate surface area is 115 Å². The molecule has 1 aromatic rings. The zero-order valence-corrected chi connectivity index (χ0v) is 12.4. The van der Waals surface area contributed by atoms with Crippen LogP contribution in [0, 0.1) is 5.41 Å². The molecule has 1 aromatic carbocycles. The quantitative estimate of drug-likeness (QED) is 0.730. The van der Waals surface area contributed by atoms with Gasteiger partial charge < -0.3 is 9.47 Å². The zero-order valence-electron chi connectivity index (χ0n) is 12.4. The molecule has 0 saturated carbocycles. The summed E-state index contributed by atoms with van der Waals surface area (Å²) < 4.78 is 10.9. The summed E-state index contributed by atoms with van der Waals surface area (Å²) >= 11 is 0. The summed E-state index contributed by atoms with van der Waals surface area (Å²) in [6, 6.07) is 7.64. The number of benzene rings is 1.